The van der Waals surface area contributed by atoms with Crippen LogP contribution in [0, 0.1) is 10.1 Å². The van der Waals surface area contributed by atoms with Crippen molar-refractivity contribution in [3.05, 3.63) is 39.9 Å². The van der Waals surface area contributed by atoms with Gasteiger partial charge in [-0.15, -0.1) is 0 Å². The van der Waals surface area contributed by atoms with E-state index >= 15 is 0 Å². The number of quaternary nitrogens is 1. The Morgan fingerprint density at radius 3 is 2.53 bits per heavy atom. The topological polar surface area (TPSA) is 76.7 Å². The molecule has 0 spiro atoms. The summed E-state index contributed by atoms with van der Waals surface area (Å²) in [5.41, 5.74) is 1.06. The summed E-state index contributed by atoms with van der Waals surface area (Å²) in [5, 5.41) is 13.4. The summed E-state index contributed by atoms with van der Waals surface area (Å²) in [4.78, 5) is 22.7. The lowest BCUT2D eigenvalue weighted by atomic mass is 10.2. The van der Waals surface area contributed by atoms with E-state index in [1.807, 2.05) is 14.0 Å². The number of likely N-dealkylation sites (N-methyl/N-ethyl adjacent to an activating group) is 1. The smallest absolute Gasteiger partial charge is 0.275 e. The average Bonchev–Trinajstić information content (AvgIpc) is 2.36. The fourth-order valence-corrected chi connectivity index (χ4v) is 1.75. The van der Waals surface area contributed by atoms with E-state index in [2.05, 4.69) is 5.32 Å². The molecule has 1 aromatic carbocycles. The van der Waals surface area contributed by atoms with E-state index in [0.717, 1.165) is 16.9 Å². The van der Waals surface area contributed by atoms with Crippen LogP contribution in [0.1, 0.15) is 18.9 Å². The van der Waals surface area contributed by atoms with Crippen LogP contribution >= 0.6 is 0 Å². The standard InChI is InChI=1S/C13H19N3O3/c1-3-8-14-13(17)10-15(2)9-11-4-6-12(7-5-11)16(18)19/h4-7H,3,8-10H2,1-2H3,(H,14,17)/p+1. The molecule has 0 heterocycles. The number of carbonyl (C=O) groups is 1. The number of nitro benzene ring substituents is 1. The molecule has 1 unspecified atom stereocenters. The van der Waals surface area contributed by atoms with Crippen molar-refractivity contribution in [1.29, 1.82) is 0 Å². The number of non-ortho nitro benzene ring substituents is 1. The molecule has 1 rings (SSSR count). The van der Waals surface area contributed by atoms with E-state index in [-0.39, 0.29) is 11.6 Å². The van der Waals surface area contributed by atoms with Gasteiger partial charge in [0.2, 0.25) is 0 Å². The molecular formula is C13H20N3O3+. The summed E-state index contributed by atoms with van der Waals surface area (Å²) >= 11 is 0. The van der Waals surface area contributed by atoms with Crippen molar-refractivity contribution in [2.75, 3.05) is 20.1 Å². The minimum atomic E-state index is -0.418. The molecule has 2 N–H and O–H groups in total. The molecule has 6 heteroatoms. The molecule has 19 heavy (non-hydrogen) atoms. The van der Waals surface area contributed by atoms with E-state index in [1.165, 1.54) is 12.1 Å². The number of nitro groups is 1. The molecule has 0 bridgehead atoms. The highest BCUT2D eigenvalue weighted by molar-refractivity contribution is 5.76. The molecule has 0 aliphatic heterocycles. The van der Waals surface area contributed by atoms with Gasteiger partial charge in [-0.25, -0.2) is 0 Å². The van der Waals surface area contributed by atoms with E-state index in [1.54, 1.807) is 12.1 Å². The van der Waals surface area contributed by atoms with Crippen molar-refractivity contribution in [2.24, 2.45) is 0 Å². The lowest BCUT2D eigenvalue weighted by Crippen LogP contribution is -3.08. The van der Waals surface area contributed by atoms with Gasteiger partial charge in [0.1, 0.15) is 6.54 Å². The largest absolute Gasteiger partial charge is 0.351 e. The third-order valence-corrected chi connectivity index (χ3v) is 2.69. The normalized spacial score (nSPS) is 11.9. The molecule has 0 aromatic heterocycles. The number of carbonyl (C=O) groups excluding carboxylic acids is 1. The highest BCUT2D eigenvalue weighted by atomic mass is 16.6. The van der Waals surface area contributed by atoms with E-state index < -0.39 is 4.92 Å². The molecule has 0 radical (unpaired) electrons. The van der Waals surface area contributed by atoms with Crippen LogP contribution in [0.4, 0.5) is 5.69 Å². The van der Waals surface area contributed by atoms with Gasteiger partial charge < -0.3 is 10.2 Å². The second-order valence-corrected chi connectivity index (χ2v) is 4.58. The van der Waals surface area contributed by atoms with Crippen LogP contribution in [-0.2, 0) is 11.3 Å². The van der Waals surface area contributed by atoms with Gasteiger partial charge >= 0.3 is 0 Å². The van der Waals surface area contributed by atoms with Crippen molar-refractivity contribution in [2.45, 2.75) is 19.9 Å². The Hall–Kier alpha value is -1.95. The van der Waals surface area contributed by atoms with Crippen LogP contribution in [0.25, 0.3) is 0 Å². The molecule has 0 aliphatic carbocycles. The van der Waals surface area contributed by atoms with Crippen molar-refractivity contribution in [3.8, 4) is 0 Å². The Kier molecular flexibility index (Phi) is 5.95. The van der Waals surface area contributed by atoms with Gasteiger partial charge in [-0.05, 0) is 18.6 Å². The van der Waals surface area contributed by atoms with Gasteiger partial charge in [-0.2, -0.15) is 0 Å². The zero-order valence-electron chi connectivity index (χ0n) is 11.3. The first-order chi connectivity index (χ1) is 9.02. The quantitative estimate of drug-likeness (QED) is 0.544. The Balaban J connectivity index is 2.45. The average molecular weight is 266 g/mol. The lowest BCUT2D eigenvalue weighted by molar-refractivity contribution is -0.885. The van der Waals surface area contributed by atoms with Gasteiger partial charge in [0, 0.05) is 24.2 Å². The summed E-state index contributed by atoms with van der Waals surface area (Å²) in [6.45, 7) is 3.77. The molecule has 0 aliphatic rings. The maximum absolute atomic E-state index is 11.5. The summed E-state index contributed by atoms with van der Waals surface area (Å²) in [5.74, 6) is 0.0289. The summed E-state index contributed by atoms with van der Waals surface area (Å²) < 4.78 is 0. The number of benzene rings is 1. The van der Waals surface area contributed by atoms with Crippen LogP contribution in [0.15, 0.2) is 24.3 Å². The van der Waals surface area contributed by atoms with Crippen molar-refractivity contribution >= 4 is 11.6 Å². The van der Waals surface area contributed by atoms with Crippen LogP contribution in [0.3, 0.4) is 0 Å². The van der Waals surface area contributed by atoms with Gasteiger partial charge in [-0.3, -0.25) is 14.9 Å². The van der Waals surface area contributed by atoms with Crippen molar-refractivity contribution in [3.63, 3.8) is 0 Å². The fourth-order valence-electron chi connectivity index (χ4n) is 1.75. The van der Waals surface area contributed by atoms with E-state index in [4.69, 9.17) is 0 Å². The van der Waals surface area contributed by atoms with Crippen molar-refractivity contribution < 1.29 is 14.6 Å². The Morgan fingerprint density at radius 2 is 2.00 bits per heavy atom. The van der Waals surface area contributed by atoms with Crippen LogP contribution in [0.2, 0.25) is 0 Å². The lowest BCUT2D eigenvalue weighted by Gasteiger charge is -2.13. The predicted octanol–water partition coefficient (Wildman–Crippen LogP) is 0.136. The molecule has 0 saturated carbocycles. The van der Waals surface area contributed by atoms with Gasteiger partial charge in [-0.1, -0.05) is 6.92 Å². The maximum Gasteiger partial charge on any atom is 0.275 e. The number of amides is 1. The minimum Gasteiger partial charge on any atom is -0.351 e. The minimum absolute atomic E-state index is 0.0289. The second-order valence-electron chi connectivity index (χ2n) is 4.58. The SMILES string of the molecule is CCCNC(=O)C[NH+](C)Cc1ccc([N+](=O)[O-])cc1. The van der Waals surface area contributed by atoms with Gasteiger partial charge in [0.15, 0.2) is 6.54 Å². The fraction of sp³-hybridized carbons (Fsp3) is 0.462. The number of rotatable bonds is 7. The van der Waals surface area contributed by atoms with Gasteiger partial charge in [0.05, 0.1) is 12.0 Å². The monoisotopic (exact) mass is 266 g/mol. The second kappa shape index (κ2) is 7.48. The number of nitrogens with one attached hydrogen (secondary N) is 2. The predicted molar refractivity (Wildman–Crippen MR) is 71.9 cm³/mol. The summed E-state index contributed by atoms with van der Waals surface area (Å²) in [6.07, 6.45) is 0.924. The molecule has 6 nitrogen and oxygen atoms in total. The van der Waals surface area contributed by atoms with E-state index in [0.29, 0.717) is 19.6 Å². The van der Waals surface area contributed by atoms with Crippen molar-refractivity contribution in [1.82, 2.24) is 5.32 Å². The zero-order chi connectivity index (χ0) is 14.3. The third kappa shape index (κ3) is 5.48. The number of hydrogen-bond acceptors (Lipinski definition) is 3. The van der Waals surface area contributed by atoms with Crippen LogP contribution < -0.4 is 10.2 Å². The molecule has 0 saturated heterocycles. The number of hydrogen-bond donors (Lipinski definition) is 2. The molecule has 104 valence electrons. The maximum atomic E-state index is 11.5. The summed E-state index contributed by atoms with van der Waals surface area (Å²) in [6, 6.07) is 6.43. The first-order valence-electron chi connectivity index (χ1n) is 6.34. The third-order valence-electron chi connectivity index (χ3n) is 2.69. The van der Waals surface area contributed by atoms with Crippen LogP contribution in [0.5, 0.6) is 0 Å². The Labute approximate surface area is 112 Å². The van der Waals surface area contributed by atoms with Crippen LogP contribution in [-0.4, -0.2) is 31.0 Å². The molecule has 1 atom stereocenters. The highest BCUT2D eigenvalue weighted by Gasteiger charge is 2.11. The first-order valence-corrected chi connectivity index (χ1v) is 6.34. The zero-order valence-corrected chi connectivity index (χ0v) is 11.3. The molecular weight excluding hydrogens is 246 g/mol. The summed E-state index contributed by atoms with van der Waals surface area (Å²) in [7, 11) is 1.92. The highest BCUT2D eigenvalue weighted by Crippen LogP contribution is 2.10. The molecule has 1 amide bonds. The van der Waals surface area contributed by atoms with Gasteiger partial charge in [0.25, 0.3) is 11.6 Å². The molecule has 0 fully saturated rings. The Morgan fingerprint density at radius 1 is 1.37 bits per heavy atom. The van der Waals surface area contributed by atoms with E-state index in [9.17, 15) is 14.9 Å². The Bertz CT molecular complexity index is 431. The molecule has 1 aromatic rings. The first kappa shape index (κ1) is 15.1. The number of nitrogens with zero attached hydrogens (tertiary/aromatic N) is 1.